The van der Waals surface area contributed by atoms with Crippen LogP contribution in [0.25, 0.3) is 0 Å². The average Bonchev–Trinajstić information content (AvgIpc) is 2.53. The van der Waals surface area contributed by atoms with E-state index < -0.39 is 23.7 Å². The number of amides is 2. The molecule has 21 heavy (non-hydrogen) atoms. The van der Waals surface area contributed by atoms with Crippen molar-refractivity contribution in [3.63, 3.8) is 0 Å². The van der Waals surface area contributed by atoms with Gasteiger partial charge in [0.1, 0.15) is 5.82 Å². The molecule has 5 nitrogen and oxygen atoms in total. The topological polar surface area (TPSA) is 78.4 Å². The number of carbonyl (C=O) groups excluding carboxylic acids is 2. The van der Waals surface area contributed by atoms with Gasteiger partial charge in [-0.25, -0.2) is 4.39 Å². The first-order valence-corrected chi connectivity index (χ1v) is 6.16. The summed E-state index contributed by atoms with van der Waals surface area (Å²) in [5.74, 6) is -1.84. The van der Waals surface area contributed by atoms with Crippen molar-refractivity contribution in [3.8, 4) is 0 Å². The minimum atomic E-state index is -1.39. The maximum absolute atomic E-state index is 12.7. The zero-order valence-corrected chi connectivity index (χ0v) is 10.9. The SMILES string of the molecule is O=C(NNC(=O)C(O)c1ccccc1)c1ccc(F)cc1. The standard InChI is InChI=1S/C15H13FN2O3/c16-12-8-6-11(7-9-12)14(20)17-18-15(21)13(19)10-4-2-1-3-5-10/h1-9,13,19H,(H,17,20)(H,18,21). The maximum atomic E-state index is 12.7. The smallest absolute Gasteiger partial charge is 0.271 e. The Hall–Kier alpha value is -2.73. The molecule has 108 valence electrons. The normalized spacial score (nSPS) is 11.5. The van der Waals surface area contributed by atoms with Crippen LogP contribution in [0.1, 0.15) is 22.0 Å². The van der Waals surface area contributed by atoms with Crippen LogP contribution in [0, 0.1) is 5.82 Å². The van der Waals surface area contributed by atoms with Crippen molar-refractivity contribution in [2.45, 2.75) is 6.10 Å². The molecule has 2 amide bonds. The van der Waals surface area contributed by atoms with Crippen molar-refractivity contribution in [2.24, 2.45) is 0 Å². The summed E-state index contributed by atoms with van der Waals surface area (Å²) in [5, 5.41) is 9.80. The van der Waals surface area contributed by atoms with Crippen molar-refractivity contribution in [2.75, 3.05) is 0 Å². The van der Waals surface area contributed by atoms with Gasteiger partial charge in [-0.05, 0) is 29.8 Å². The number of halogens is 1. The van der Waals surface area contributed by atoms with E-state index in [0.717, 1.165) is 12.1 Å². The highest BCUT2D eigenvalue weighted by Gasteiger charge is 2.17. The molecule has 0 radical (unpaired) electrons. The van der Waals surface area contributed by atoms with Crippen LogP contribution in [0.5, 0.6) is 0 Å². The summed E-state index contributed by atoms with van der Waals surface area (Å²) in [5.41, 5.74) is 4.85. The number of benzene rings is 2. The lowest BCUT2D eigenvalue weighted by atomic mass is 10.1. The molecule has 0 saturated heterocycles. The van der Waals surface area contributed by atoms with Gasteiger partial charge in [0.05, 0.1) is 0 Å². The van der Waals surface area contributed by atoms with E-state index in [1.165, 1.54) is 12.1 Å². The van der Waals surface area contributed by atoms with Crippen LogP contribution in [-0.2, 0) is 4.79 Å². The Morgan fingerprint density at radius 1 is 0.952 bits per heavy atom. The number of hydrogen-bond acceptors (Lipinski definition) is 3. The second kappa shape index (κ2) is 6.62. The number of rotatable bonds is 3. The summed E-state index contributed by atoms with van der Waals surface area (Å²) in [7, 11) is 0. The monoisotopic (exact) mass is 288 g/mol. The molecule has 2 aromatic carbocycles. The van der Waals surface area contributed by atoms with Gasteiger partial charge in [0.25, 0.3) is 11.8 Å². The summed E-state index contributed by atoms with van der Waals surface area (Å²) in [6.45, 7) is 0. The van der Waals surface area contributed by atoms with Crippen LogP contribution in [0.2, 0.25) is 0 Å². The molecule has 2 aromatic rings. The summed E-state index contributed by atoms with van der Waals surface area (Å²) in [6.07, 6.45) is -1.39. The Morgan fingerprint density at radius 3 is 2.19 bits per heavy atom. The molecule has 0 aliphatic rings. The lowest BCUT2D eigenvalue weighted by Gasteiger charge is -2.12. The van der Waals surface area contributed by atoms with Gasteiger partial charge in [0.2, 0.25) is 0 Å². The molecular weight excluding hydrogens is 275 g/mol. The van der Waals surface area contributed by atoms with Crippen LogP contribution in [0.4, 0.5) is 4.39 Å². The maximum Gasteiger partial charge on any atom is 0.271 e. The molecule has 1 atom stereocenters. The van der Waals surface area contributed by atoms with Crippen molar-refractivity contribution < 1.29 is 19.1 Å². The molecule has 0 spiro atoms. The largest absolute Gasteiger partial charge is 0.378 e. The van der Waals surface area contributed by atoms with E-state index in [9.17, 15) is 19.1 Å². The average molecular weight is 288 g/mol. The van der Waals surface area contributed by atoms with Crippen LogP contribution < -0.4 is 10.9 Å². The van der Waals surface area contributed by atoms with Gasteiger partial charge < -0.3 is 5.11 Å². The number of carbonyl (C=O) groups is 2. The van der Waals surface area contributed by atoms with Gasteiger partial charge >= 0.3 is 0 Å². The Labute approximate surface area is 120 Å². The van der Waals surface area contributed by atoms with Crippen molar-refractivity contribution in [1.82, 2.24) is 10.9 Å². The van der Waals surface area contributed by atoms with Crippen LogP contribution >= 0.6 is 0 Å². The highest BCUT2D eigenvalue weighted by molar-refractivity contribution is 5.95. The van der Waals surface area contributed by atoms with Crippen LogP contribution in [-0.4, -0.2) is 16.9 Å². The third kappa shape index (κ3) is 3.87. The van der Waals surface area contributed by atoms with Crippen molar-refractivity contribution in [3.05, 3.63) is 71.5 Å². The second-order valence-corrected chi connectivity index (χ2v) is 4.26. The number of aliphatic hydroxyl groups is 1. The number of hydrazine groups is 1. The van der Waals surface area contributed by atoms with Gasteiger partial charge in [-0.1, -0.05) is 30.3 Å². The van der Waals surface area contributed by atoms with E-state index in [4.69, 9.17) is 0 Å². The van der Waals surface area contributed by atoms with Gasteiger partial charge in [-0.3, -0.25) is 20.4 Å². The second-order valence-electron chi connectivity index (χ2n) is 4.26. The number of aliphatic hydroxyl groups excluding tert-OH is 1. The van der Waals surface area contributed by atoms with Gasteiger partial charge in [-0.2, -0.15) is 0 Å². The van der Waals surface area contributed by atoms with Crippen molar-refractivity contribution in [1.29, 1.82) is 0 Å². The predicted molar refractivity (Wildman–Crippen MR) is 73.4 cm³/mol. The third-order valence-corrected chi connectivity index (χ3v) is 2.77. The summed E-state index contributed by atoms with van der Waals surface area (Å²) < 4.78 is 12.7. The zero-order chi connectivity index (χ0) is 15.2. The predicted octanol–water partition coefficient (Wildman–Crippen LogP) is 1.32. The quantitative estimate of drug-likeness (QED) is 0.745. The molecule has 6 heteroatoms. The molecule has 0 aliphatic carbocycles. The fraction of sp³-hybridized carbons (Fsp3) is 0.0667. The number of hydrogen-bond donors (Lipinski definition) is 3. The summed E-state index contributed by atoms with van der Waals surface area (Å²) in [6, 6.07) is 13.1. The first-order valence-electron chi connectivity index (χ1n) is 6.16. The molecule has 0 heterocycles. The van der Waals surface area contributed by atoms with Crippen LogP contribution in [0.3, 0.4) is 0 Å². The van der Waals surface area contributed by atoms with E-state index >= 15 is 0 Å². The first-order chi connectivity index (χ1) is 10.1. The zero-order valence-electron chi connectivity index (χ0n) is 10.9. The molecule has 2 rings (SSSR count). The minimum Gasteiger partial charge on any atom is -0.378 e. The van der Waals surface area contributed by atoms with Crippen molar-refractivity contribution >= 4 is 11.8 Å². The molecule has 0 aromatic heterocycles. The Bertz CT molecular complexity index is 629. The number of nitrogens with one attached hydrogen (secondary N) is 2. The van der Waals surface area contributed by atoms with E-state index in [0.29, 0.717) is 5.56 Å². The van der Waals surface area contributed by atoms with E-state index in [1.807, 2.05) is 0 Å². The van der Waals surface area contributed by atoms with E-state index in [2.05, 4.69) is 10.9 Å². The fourth-order valence-electron chi connectivity index (χ4n) is 1.65. The molecule has 1 unspecified atom stereocenters. The minimum absolute atomic E-state index is 0.186. The Morgan fingerprint density at radius 2 is 1.57 bits per heavy atom. The molecule has 0 saturated carbocycles. The lowest BCUT2D eigenvalue weighted by molar-refractivity contribution is -0.130. The Kier molecular flexibility index (Phi) is 4.63. The Balaban J connectivity index is 1.92. The molecular formula is C15H13FN2O3. The molecule has 0 bridgehead atoms. The highest BCUT2D eigenvalue weighted by atomic mass is 19.1. The van der Waals surface area contributed by atoms with E-state index in [-0.39, 0.29) is 5.56 Å². The molecule has 3 N–H and O–H groups in total. The summed E-state index contributed by atoms with van der Waals surface area (Å²) >= 11 is 0. The van der Waals surface area contributed by atoms with Crippen LogP contribution in [0.15, 0.2) is 54.6 Å². The van der Waals surface area contributed by atoms with Gasteiger partial charge in [0.15, 0.2) is 6.10 Å². The van der Waals surface area contributed by atoms with Gasteiger partial charge in [0, 0.05) is 5.56 Å². The molecule has 0 aliphatic heterocycles. The first kappa shape index (κ1) is 14.7. The third-order valence-electron chi connectivity index (χ3n) is 2.77. The highest BCUT2D eigenvalue weighted by Crippen LogP contribution is 2.11. The lowest BCUT2D eigenvalue weighted by Crippen LogP contribution is -2.43. The fourth-order valence-corrected chi connectivity index (χ4v) is 1.65. The molecule has 0 fully saturated rings. The van der Waals surface area contributed by atoms with E-state index in [1.54, 1.807) is 30.3 Å². The summed E-state index contributed by atoms with van der Waals surface area (Å²) in [4.78, 5) is 23.4. The van der Waals surface area contributed by atoms with Gasteiger partial charge in [-0.15, -0.1) is 0 Å².